The molecule has 0 aliphatic rings. The Bertz CT molecular complexity index is 1890. The van der Waals surface area contributed by atoms with Gasteiger partial charge in [-0.15, -0.1) is 0 Å². The van der Waals surface area contributed by atoms with Gasteiger partial charge in [0.25, 0.3) is 5.91 Å². The molecule has 1 amide bonds. The van der Waals surface area contributed by atoms with Gasteiger partial charge in [0.05, 0.1) is 17.2 Å². The lowest BCUT2D eigenvalue weighted by molar-refractivity contribution is -0.616. The minimum absolute atomic E-state index is 0.0149. The van der Waals surface area contributed by atoms with E-state index >= 15 is 0 Å². The lowest BCUT2D eigenvalue weighted by Crippen LogP contribution is -2.38. The second-order valence-electron chi connectivity index (χ2n) is 9.48. The highest BCUT2D eigenvalue weighted by Crippen LogP contribution is 2.32. The fraction of sp³-hybridized carbons (Fsp3) is 0.172. The third kappa shape index (κ3) is 6.50. The number of nitrogens with zero attached hydrogens (tertiary/aromatic N) is 3. The van der Waals surface area contributed by atoms with Crippen molar-refractivity contribution in [2.45, 2.75) is 31.1 Å². The first-order valence-electron chi connectivity index (χ1n) is 12.3. The normalized spacial score (nSPS) is 11.6. The smallest absolute Gasteiger partial charge is 0.416 e. The van der Waals surface area contributed by atoms with Crippen molar-refractivity contribution in [1.29, 1.82) is 5.26 Å². The van der Waals surface area contributed by atoms with Crippen molar-refractivity contribution in [3.63, 3.8) is 0 Å². The average molecular weight is 597 g/mol. The predicted octanol–water partition coefficient (Wildman–Crippen LogP) is 3.73. The number of carbonyl (C=O) groups is 1. The maximum Gasteiger partial charge on any atom is 0.416 e. The number of aromatic nitrogens is 2. The SMILES string of the molecule is Cc1c(-c2cccc(C(F)(F)F)c2)c(=O)c(C(=O)NCc2ccc(S(C)(=O)=O)c[n+]2[O-])cn1Cc1ccc(C#N)cc1. The van der Waals surface area contributed by atoms with E-state index < -0.39 is 32.9 Å². The number of sulfone groups is 1. The van der Waals surface area contributed by atoms with Crippen LogP contribution in [0.1, 0.15) is 38.4 Å². The van der Waals surface area contributed by atoms with Crippen molar-refractivity contribution in [1.82, 2.24) is 9.88 Å². The molecule has 4 aromatic rings. The van der Waals surface area contributed by atoms with E-state index in [0.717, 1.165) is 24.6 Å². The summed E-state index contributed by atoms with van der Waals surface area (Å²) in [4.78, 5) is 26.6. The van der Waals surface area contributed by atoms with E-state index in [-0.39, 0.29) is 45.1 Å². The number of benzene rings is 2. The Morgan fingerprint density at radius 3 is 2.40 bits per heavy atom. The summed E-state index contributed by atoms with van der Waals surface area (Å²) in [5.41, 5.74) is -0.920. The molecule has 2 heterocycles. The Kier molecular flexibility index (Phi) is 8.21. The lowest BCUT2D eigenvalue weighted by atomic mass is 9.98. The molecule has 0 bridgehead atoms. The van der Waals surface area contributed by atoms with Crippen molar-refractivity contribution in [3.8, 4) is 17.2 Å². The van der Waals surface area contributed by atoms with Crippen LogP contribution in [-0.4, -0.2) is 25.1 Å². The van der Waals surface area contributed by atoms with Gasteiger partial charge in [-0.1, -0.05) is 24.3 Å². The molecule has 1 N–H and O–H groups in total. The minimum Gasteiger partial charge on any atom is -0.618 e. The van der Waals surface area contributed by atoms with Crippen LogP contribution in [0.3, 0.4) is 0 Å². The standard InChI is InChI=1S/C29H23F3N4O5S/c1-18-26(21-4-3-5-22(12-21)29(30,31)32)27(37)25(17-35(18)15-20-8-6-19(13-33)7-9-20)28(38)34-14-23-10-11-24(16-36(23)39)42(2,40)41/h3-12,16-17H,14-15H2,1-2H3,(H,34,38). The quantitative estimate of drug-likeness (QED) is 0.255. The van der Waals surface area contributed by atoms with E-state index in [0.29, 0.717) is 16.8 Å². The third-order valence-electron chi connectivity index (χ3n) is 6.53. The number of carbonyl (C=O) groups excluding carboxylic acids is 1. The average Bonchev–Trinajstić information content (AvgIpc) is 2.93. The van der Waals surface area contributed by atoms with Gasteiger partial charge in [0.2, 0.25) is 11.1 Å². The molecule has 42 heavy (non-hydrogen) atoms. The van der Waals surface area contributed by atoms with Crippen LogP contribution in [0.4, 0.5) is 13.2 Å². The number of amides is 1. The summed E-state index contributed by atoms with van der Waals surface area (Å²) in [5.74, 6) is -0.894. The van der Waals surface area contributed by atoms with Crippen LogP contribution in [0.2, 0.25) is 0 Å². The fourth-order valence-corrected chi connectivity index (χ4v) is 4.87. The molecule has 0 radical (unpaired) electrons. The van der Waals surface area contributed by atoms with Crippen molar-refractivity contribution in [2.75, 3.05) is 6.26 Å². The molecule has 0 saturated heterocycles. The summed E-state index contributed by atoms with van der Waals surface area (Å²) in [6.07, 6.45) is -1.60. The largest absolute Gasteiger partial charge is 0.618 e. The van der Waals surface area contributed by atoms with E-state index in [2.05, 4.69) is 5.32 Å². The summed E-state index contributed by atoms with van der Waals surface area (Å²) < 4.78 is 65.6. The maximum absolute atomic E-state index is 13.6. The zero-order chi connectivity index (χ0) is 30.8. The molecule has 2 aromatic heterocycles. The van der Waals surface area contributed by atoms with Gasteiger partial charge in [0.1, 0.15) is 17.0 Å². The molecule has 0 saturated carbocycles. The summed E-state index contributed by atoms with van der Waals surface area (Å²) in [6, 6.07) is 15.2. The maximum atomic E-state index is 13.6. The molecule has 0 unspecified atom stereocenters. The van der Waals surface area contributed by atoms with E-state index in [4.69, 9.17) is 5.26 Å². The van der Waals surface area contributed by atoms with E-state index in [1.807, 2.05) is 6.07 Å². The minimum atomic E-state index is -4.67. The first kappa shape index (κ1) is 30.0. The molecule has 0 aliphatic carbocycles. The molecular weight excluding hydrogens is 573 g/mol. The highest BCUT2D eigenvalue weighted by molar-refractivity contribution is 7.90. The van der Waals surface area contributed by atoms with Gasteiger partial charge in [0, 0.05) is 36.3 Å². The Morgan fingerprint density at radius 2 is 1.81 bits per heavy atom. The van der Waals surface area contributed by atoms with Crippen molar-refractivity contribution < 1.29 is 31.1 Å². The summed E-state index contributed by atoms with van der Waals surface area (Å²) >= 11 is 0. The molecular formula is C29H23F3N4O5S. The van der Waals surface area contributed by atoms with Gasteiger partial charge in [-0.25, -0.2) is 8.42 Å². The molecule has 4 rings (SSSR count). The Labute approximate surface area is 238 Å². The second kappa shape index (κ2) is 11.5. The van der Waals surface area contributed by atoms with Crippen LogP contribution >= 0.6 is 0 Å². The summed E-state index contributed by atoms with van der Waals surface area (Å²) in [5, 5.41) is 23.9. The molecule has 0 aliphatic heterocycles. The number of halogens is 3. The first-order valence-corrected chi connectivity index (χ1v) is 14.2. The van der Waals surface area contributed by atoms with E-state index in [1.165, 1.54) is 30.5 Å². The van der Waals surface area contributed by atoms with Gasteiger partial charge in [-0.2, -0.15) is 23.2 Å². The van der Waals surface area contributed by atoms with Gasteiger partial charge in [-0.05, 0) is 48.4 Å². The van der Waals surface area contributed by atoms with Gasteiger partial charge in [-0.3, -0.25) is 9.59 Å². The molecule has 216 valence electrons. The predicted molar refractivity (Wildman–Crippen MR) is 146 cm³/mol. The molecule has 2 aromatic carbocycles. The number of nitriles is 1. The van der Waals surface area contributed by atoms with Crippen molar-refractivity contribution >= 4 is 15.7 Å². The van der Waals surface area contributed by atoms with Gasteiger partial charge in [0.15, 0.2) is 16.0 Å². The zero-order valence-corrected chi connectivity index (χ0v) is 23.1. The zero-order valence-electron chi connectivity index (χ0n) is 22.3. The highest BCUT2D eigenvalue weighted by Gasteiger charge is 2.31. The lowest BCUT2D eigenvalue weighted by Gasteiger charge is -2.18. The number of alkyl halides is 3. The number of rotatable bonds is 7. The van der Waals surface area contributed by atoms with Crippen LogP contribution in [-0.2, 0) is 29.1 Å². The van der Waals surface area contributed by atoms with Crippen molar-refractivity contribution in [2.24, 2.45) is 0 Å². The molecule has 13 heteroatoms. The number of pyridine rings is 2. The van der Waals surface area contributed by atoms with Crippen LogP contribution in [0.15, 0.2) is 82.7 Å². The Hall–Kier alpha value is -4.96. The second-order valence-corrected chi connectivity index (χ2v) is 11.5. The van der Waals surface area contributed by atoms with Gasteiger partial charge >= 0.3 is 6.18 Å². The van der Waals surface area contributed by atoms with Crippen LogP contribution in [0.25, 0.3) is 11.1 Å². The van der Waals surface area contributed by atoms with Crippen LogP contribution in [0, 0.1) is 23.5 Å². The van der Waals surface area contributed by atoms with Gasteiger partial charge < -0.3 is 15.1 Å². The first-order chi connectivity index (χ1) is 19.7. The number of nitrogens with one attached hydrogen (secondary N) is 1. The van der Waals surface area contributed by atoms with Crippen LogP contribution in [0.5, 0.6) is 0 Å². The Morgan fingerprint density at radius 1 is 1.12 bits per heavy atom. The van der Waals surface area contributed by atoms with Crippen LogP contribution < -0.4 is 15.5 Å². The topological polar surface area (TPSA) is 136 Å². The molecule has 0 spiro atoms. The molecule has 9 nitrogen and oxygen atoms in total. The Balaban J connectivity index is 1.77. The third-order valence-corrected chi connectivity index (χ3v) is 7.63. The van der Waals surface area contributed by atoms with E-state index in [9.17, 15) is 36.4 Å². The monoisotopic (exact) mass is 596 g/mol. The number of hydrogen-bond acceptors (Lipinski definition) is 6. The highest BCUT2D eigenvalue weighted by atomic mass is 32.2. The summed E-state index contributed by atoms with van der Waals surface area (Å²) in [7, 11) is -3.64. The molecule has 0 fully saturated rings. The molecule has 0 atom stereocenters. The fourth-order valence-electron chi connectivity index (χ4n) is 4.27. The van der Waals surface area contributed by atoms with Crippen molar-refractivity contribution in [3.05, 3.63) is 122 Å². The summed E-state index contributed by atoms with van der Waals surface area (Å²) in [6.45, 7) is 1.30. The number of hydrogen-bond donors (Lipinski definition) is 1. The van der Waals surface area contributed by atoms with E-state index in [1.54, 1.807) is 35.8 Å².